The van der Waals surface area contributed by atoms with Crippen LogP contribution in [0.2, 0.25) is 0 Å². The highest BCUT2D eigenvalue weighted by atomic mass is 79.9. The van der Waals surface area contributed by atoms with E-state index in [1.54, 1.807) is 0 Å². The third-order valence-corrected chi connectivity index (χ3v) is 4.45. The zero-order chi connectivity index (χ0) is 20.9. The minimum atomic E-state index is -4.42. The molecule has 8 heteroatoms. The predicted octanol–water partition coefficient (Wildman–Crippen LogP) is 6.20. The van der Waals surface area contributed by atoms with Crippen molar-refractivity contribution in [1.82, 2.24) is 4.98 Å². The second-order valence-electron chi connectivity index (χ2n) is 6.26. The molecule has 0 aliphatic carbocycles. The molecule has 0 saturated heterocycles. The lowest BCUT2D eigenvalue weighted by molar-refractivity contribution is -0.137. The van der Waals surface area contributed by atoms with Crippen LogP contribution >= 0.6 is 15.9 Å². The monoisotopic (exact) mass is 463 g/mol. The van der Waals surface area contributed by atoms with Gasteiger partial charge in [0.15, 0.2) is 0 Å². The van der Waals surface area contributed by atoms with Gasteiger partial charge in [-0.05, 0) is 42.8 Å². The Balaban J connectivity index is 1.68. The summed E-state index contributed by atoms with van der Waals surface area (Å²) in [5.41, 5.74) is 4.71. The summed E-state index contributed by atoms with van der Waals surface area (Å²) in [5, 5.41) is 4.05. The molecule has 0 spiro atoms. The van der Waals surface area contributed by atoms with Crippen LogP contribution in [0.4, 0.5) is 19.0 Å². The molecule has 2 aromatic carbocycles. The van der Waals surface area contributed by atoms with Crippen LogP contribution in [0.3, 0.4) is 0 Å². The van der Waals surface area contributed by atoms with Crippen molar-refractivity contribution in [2.24, 2.45) is 5.10 Å². The quantitative estimate of drug-likeness (QED) is 0.349. The van der Waals surface area contributed by atoms with Crippen LogP contribution in [0.15, 0.2) is 70.4 Å². The van der Waals surface area contributed by atoms with Gasteiger partial charge in [-0.3, -0.25) is 5.43 Å². The number of nitrogens with zero attached hydrogens (tertiary/aromatic N) is 2. The maximum absolute atomic E-state index is 12.6. The van der Waals surface area contributed by atoms with Crippen molar-refractivity contribution in [2.45, 2.75) is 19.7 Å². The van der Waals surface area contributed by atoms with Gasteiger partial charge in [0.05, 0.1) is 11.8 Å². The first kappa shape index (κ1) is 20.9. The zero-order valence-corrected chi connectivity index (χ0v) is 17.0. The lowest BCUT2D eigenvalue weighted by Gasteiger charge is -2.10. The van der Waals surface area contributed by atoms with Crippen LogP contribution in [-0.2, 0) is 12.8 Å². The normalized spacial score (nSPS) is 11.6. The van der Waals surface area contributed by atoms with Gasteiger partial charge in [0.25, 0.3) is 0 Å². The Kier molecular flexibility index (Phi) is 6.53. The molecule has 4 nitrogen and oxygen atoms in total. The molecular weight excluding hydrogens is 447 g/mol. The summed E-state index contributed by atoms with van der Waals surface area (Å²) in [5.74, 6) is 0.825. The summed E-state index contributed by atoms with van der Waals surface area (Å²) in [4.78, 5) is 3.71. The third kappa shape index (κ3) is 6.05. The molecule has 0 saturated carbocycles. The van der Waals surface area contributed by atoms with Crippen molar-refractivity contribution in [2.75, 3.05) is 5.43 Å². The molecule has 0 aliphatic rings. The van der Waals surface area contributed by atoms with Crippen LogP contribution in [0, 0.1) is 6.92 Å². The highest BCUT2D eigenvalue weighted by Crippen LogP contribution is 2.29. The van der Waals surface area contributed by atoms with Gasteiger partial charge in [-0.25, -0.2) is 4.98 Å². The van der Waals surface area contributed by atoms with Crippen molar-refractivity contribution < 1.29 is 17.9 Å². The largest absolute Gasteiger partial charge is 0.488 e. The molecule has 0 amide bonds. The van der Waals surface area contributed by atoms with Gasteiger partial charge in [-0.1, -0.05) is 45.8 Å². The fourth-order valence-corrected chi connectivity index (χ4v) is 2.77. The molecule has 150 valence electrons. The summed E-state index contributed by atoms with van der Waals surface area (Å²) in [6, 6.07) is 15.7. The fraction of sp³-hybridized carbons (Fsp3) is 0.143. The van der Waals surface area contributed by atoms with Crippen molar-refractivity contribution >= 4 is 28.0 Å². The average Bonchev–Trinajstić information content (AvgIpc) is 2.68. The number of anilines is 1. The number of hydrogen-bond acceptors (Lipinski definition) is 4. The van der Waals surface area contributed by atoms with Crippen LogP contribution in [0.25, 0.3) is 0 Å². The topological polar surface area (TPSA) is 46.5 Å². The molecule has 3 aromatic rings. The number of hydrazone groups is 1. The molecule has 0 radical (unpaired) electrons. The van der Waals surface area contributed by atoms with Crippen molar-refractivity contribution in [3.8, 4) is 5.75 Å². The molecule has 0 aliphatic heterocycles. The van der Waals surface area contributed by atoms with Gasteiger partial charge in [0, 0.05) is 16.2 Å². The number of aryl methyl sites for hydroxylation is 1. The van der Waals surface area contributed by atoms with E-state index in [1.807, 2.05) is 49.4 Å². The first-order valence-corrected chi connectivity index (χ1v) is 9.41. The van der Waals surface area contributed by atoms with Crippen molar-refractivity contribution in [3.05, 3.63) is 87.5 Å². The molecule has 3 rings (SSSR count). The summed E-state index contributed by atoms with van der Waals surface area (Å²) >= 11 is 3.41. The van der Waals surface area contributed by atoms with Gasteiger partial charge in [0.1, 0.15) is 18.2 Å². The van der Waals surface area contributed by atoms with Gasteiger partial charge in [-0.15, -0.1) is 0 Å². The number of benzene rings is 2. The Morgan fingerprint density at radius 2 is 1.86 bits per heavy atom. The van der Waals surface area contributed by atoms with Gasteiger partial charge in [0.2, 0.25) is 0 Å². The van der Waals surface area contributed by atoms with Gasteiger partial charge >= 0.3 is 6.18 Å². The van der Waals surface area contributed by atoms with Crippen LogP contribution in [-0.4, -0.2) is 11.2 Å². The SMILES string of the molecule is Cc1ccc(COc2ccc(Br)cc2/C=N\Nc2ccc(C(F)(F)F)cn2)cc1. The molecule has 0 atom stereocenters. The van der Waals surface area contributed by atoms with Crippen LogP contribution < -0.4 is 10.2 Å². The third-order valence-electron chi connectivity index (χ3n) is 3.96. The minimum absolute atomic E-state index is 0.200. The van der Waals surface area contributed by atoms with E-state index in [0.29, 0.717) is 17.9 Å². The van der Waals surface area contributed by atoms with Crippen LogP contribution in [0.5, 0.6) is 5.75 Å². The standard InChI is InChI=1S/C21H17BrF3N3O/c1-14-2-4-15(5-3-14)13-29-19-8-7-18(22)10-16(19)11-27-28-20-9-6-17(12-26-20)21(23,24)25/h2-12H,13H2,1H3,(H,26,28)/b27-11-. The molecular formula is C21H17BrF3N3O. The number of pyridine rings is 1. The average molecular weight is 464 g/mol. The Morgan fingerprint density at radius 1 is 1.10 bits per heavy atom. The first-order valence-electron chi connectivity index (χ1n) is 8.61. The number of alkyl halides is 3. The summed E-state index contributed by atoms with van der Waals surface area (Å²) in [6.07, 6.45) is -2.14. The molecule has 1 heterocycles. The smallest absolute Gasteiger partial charge is 0.417 e. The molecule has 1 N–H and O–H groups in total. The summed E-state index contributed by atoms with van der Waals surface area (Å²) in [6.45, 7) is 2.42. The molecule has 29 heavy (non-hydrogen) atoms. The second-order valence-corrected chi connectivity index (χ2v) is 7.17. The number of aromatic nitrogens is 1. The van der Waals surface area contributed by atoms with Crippen LogP contribution in [0.1, 0.15) is 22.3 Å². The highest BCUT2D eigenvalue weighted by molar-refractivity contribution is 9.10. The lowest BCUT2D eigenvalue weighted by Crippen LogP contribution is -2.05. The maximum Gasteiger partial charge on any atom is 0.417 e. The number of rotatable bonds is 6. The van der Waals surface area contributed by atoms with Crippen molar-refractivity contribution in [3.63, 3.8) is 0 Å². The van der Waals surface area contributed by atoms with Crippen molar-refractivity contribution in [1.29, 1.82) is 0 Å². The Labute approximate surface area is 174 Å². The molecule has 1 aromatic heterocycles. The van der Waals surface area contributed by atoms with E-state index in [1.165, 1.54) is 17.8 Å². The molecule has 0 bridgehead atoms. The Morgan fingerprint density at radius 3 is 2.52 bits per heavy atom. The number of ether oxygens (including phenoxy) is 1. The Bertz CT molecular complexity index is 988. The second kappa shape index (κ2) is 9.09. The lowest BCUT2D eigenvalue weighted by atomic mass is 10.1. The fourth-order valence-electron chi connectivity index (χ4n) is 2.39. The number of halogens is 4. The predicted molar refractivity (Wildman–Crippen MR) is 110 cm³/mol. The van der Waals surface area contributed by atoms with E-state index in [0.717, 1.165) is 22.3 Å². The van der Waals surface area contributed by atoms with E-state index >= 15 is 0 Å². The van der Waals surface area contributed by atoms with E-state index in [9.17, 15) is 13.2 Å². The summed E-state index contributed by atoms with van der Waals surface area (Å²) in [7, 11) is 0. The highest BCUT2D eigenvalue weighted by Gasteiger charge is 2.30. The van der Waals surface area contributed by atoms with Gasteiger partial charge < -0.3 is 4.74 Å². The number of nitrogens with one attached hydrogen (secondary N) is 1. The minimum Gasteiger partial charge on any atom is -0.488 e. The molecule has 0 unspecified atom stereocenters. The number of hydrogen-bond donors (Lipinski definition) is 1. The van der Waals surface area contributed by atoms with E-state index in [2.05, 4.69) is 31.4 Å². The maximum atomic E-state index is 12.6. The van der Waals surface area contributed by atoms with E-state index in [4.69, 9.17) is 4.74 Å². The Hall–Kier alpha value is -2.87. The van der Waals surface area contributed by atoms with E-state index in [-0.39, 0.29) is 5.82 Å². The van der Waals surface area contributed by atoms with Gasteiger partial charge in [-0.2, -0.15) is 18.3 Å². The van der Waals surface area contributed by atoms with E-state index < -0.39 is 11.7 Å². The summed E-state index contributed by atoms with van der Waals surface area (Å²) < 4.78 is 44.5. The first-order chi connectivity index (χ1) is 13.8. The zero-order valence-electron chi connectivity index (χ0n) is 15.4. The molecule has 0 fully saturated rings.